The summed E-state index contributed by atoms with van der Waals surface area (Å²) in [5, 5.41) is 20.5. The number of hydrogen-bond acceptors (Lipinski definition) is 8. The van der Waals surface area contributed by atoms with Gasteiger partial charge in [-0.25, -0.2) is 4.79 Å². The summed E-state index contributed by atoms with van der Waals surface area (Å²) in [4.78, 5) is 25.4. The van der Waals surface area contributed by atoms with Crippen molar-refractivity contribution in [3.63, 3.8) is 0 Å². The van der Waals surface area contributed by atoms with Crippen molar-refractivity contribution in [1.82, 2.24) is 35.2 Å². The zero-order chi connectivity index (χ0) is 19.5. The highest BCUT2D eigenvalue weighted by Crippen LogP contribution is 2.16. The van der Waals surface area contributed by atoms with Gasteiger partial charge in [0.2, 0.25) is 5.82 Å². The van der Waals surface area contributed by atoms with Crippen LogP contribution in [-0.2, 0) is 22.8 Å². The molecule has 0 bridgehead atoms. The van der Waals surface area contributed by atoms with E-state index in [1.165, 1.54) is 0 Å². The van der Waals surface area contributed by atoms with Crippen molar-refractivity contribution in [2.24, 2.45) is 0 Å². The standard InChI is InChI=1S/C17H12ClN7O3/c18-12-7-5-11(6-8-12)16-20-23-25(21-16)9-15(26)28-10-24-17(27)13-3-1-2-4-14(13)19-22-24/h1-8H,9-10H2. The molecule has 0 atom stereocenters. The number of halogens is 1. The zero-order valence-corrected chi connectivity index (χ0v) is 15.0. The van der Waals surface area contributed by atoms with Crippen LogP contribution >= 0.6 is 11.6 Å². The molecule has 2 aromatic carbocycles. The van der Waals surface area contributed by atoms with E-state index in [0.29, 0.717) is 27.3 Å². The van der Waals surface area contributed by atoms with E-state index in [1.54, 1.807) is 48.5 Å². The minimum absolute atomic E-state index is 0.268. The number of nitrogens with zero attached hydrogens (tertiary/aromatic N) is 7. The molecule has 2 heterocycles. The number of aromatic nitrogens is 7. The van der Waals surface area contributed by atoms with Crippen molar-refractivity contribution >= 4 is 28.5 Å². The van der Waals surface area contributed by atoms with Crippen LogP contribution in [0.2, 0.25) is 5.02 Å². The van der Waals surface area contributed by atoms with Gasteiger partial charge in [0.05, 0.1) is 5.39 Å². The van der Waals surface area contributed by atoms with E-state index >= 15 is 0 Å². The Kier molecular flexibility index (Phi) is 4.77. The first-order chi connectivity index (χ1) is 13.6. The Morgan fingerprint density at radius 2 is 1.82 bits per heavy atom. The first-order valence-corrected chi connectivity index (χ1v) is 8.50. The molecule has 28 heavy (non-hydrogen) atoms. The van der Waals surface area contributed by atoms with Crippen molar-refractivity contribution in [3.05, 3.63) is 63.9 Å². The van der Waals surface area contributed by atoms with E-state index in [-0.39, 0.29) is 13.3 Å². The molecule has 0 saturated heterocycles. The smallest absolute Gasteiger partial charge is 0.331 e. The van der Waals surface area contributed by atoms with Crippen molar-refractivity contribution < 1.29 is 9.53 Å². The second-order valence-corrected chi connectivity index (χ2v) is 6.14. The molecule has 4 aromatic rings. The largest absolute Gasteiger partial charge is 0.441 e. The highest BCUT2D eigenvalue weighted by Gasteiger charge is 2.12. The molecular formula is C17H12ClN7O3. The maximum Gasteiger partial charge on any atom is 0.331 e. The van der Waals surface area contributed by atoms with Crippen LogP contribution in [0.3, 0.4) is 0 Å². The van der Waals surface area contributed by atoms with Crippen molar-refractivity contribution in [2.45, 2.75) is 13.3 Å². The van der Waals surface area contributed by atoms with E-state index in [4.69, 9.17) is 16.3 Å². The average molecular weight is 398 g/mol. The van der Waals surface area contributed by atoms with Gasteiger partial charge in [-0.1, -0.05) is 28.9 Å². The lowest BCUT2D eigenvalue weighted by atomic mass is 10.2. The molecule has 11 heteroatoms. The Bertz CT molecular complexity index is 1200. The van der Waals surface area contributed by atoms with Crippen LogP contribution < -0.4 is 5.56 Å². The Morgan fingerprint density at radius 1 is 1.04 bits per heavy atom. The maximum atomic E-state index is 12.3. The molecule has 0 fully saturated rings. The van der Waals surface area contributed by atoms with Gasteiger partial charge in [0.15, 0.2) is 13.3 Å². The molecule has 0 amide bonds. The van der Waals surface area contributed by atoms with E-state index in [2.05, 4.69) is 25.7 Å². The fraction of sp³-hybridized carbons (Fsp3) is 0.118. The first-order valence-electron chi connectivity index (χ1n) is 8.12. The van der Waals surface area contributed by atoms with Gasteiger partial charge < -0.3 is 4.74 Å². The van der Waals surface area contributed by atoms with Gasteiger partial charge in [0.25, 0.3) is 5.56 Å². The number of hydrogen-bond donors (Lipinski definition) is 0. The zero-order valence-electron chi connectivity index (χ0n) is 14.3. The van der Waals surface area contributed by atoms with Crippen LogP contribution in [0.15, 0.2) is 53.3 Å². The monoisotopic (exact) mass is 397 g/mol. The highest BCUT2D eigenvalue weighted by atomic mass is 35.5. The topological polar surface area (TPSA) is 118 Å². The van der Waals surface area contributed by atoms with Crippen molar-refractivity contribution in [1.29, 1.82) is 0 Å². The lowest BCUT2D eigenvalue weighted by molar-refractivity contribution is -0.149. The SMILES string of the molecule is O=C(Cn1nnc(-c2ccc(Cl)cc2)n1)OCn1nnc2ccccc2c1=O. The minimum atomic E-state index is -0.651. The summed E-state index contributed by atoms with van der Waals surface area (Å²) in [7, 11) is 0. The Hall–Kier alpha value is -3.66. The summed E-state index contributed by atoms with van der Waals surface area (Å²) in [5.41, 5.74) is 0.779. The molecule has 0 saturated carbocycles. The van der Waals surface area contributed by atoms with Crippen LogP contribution in [0.4, 0.5) is 0 Å². The fourth-order valence-corrected chi connectivity index (χ4v) is 2.55. The molecule has 140 valence electrons. The predicted molar refractivity (Wildman–Crippen MR) is 98.2 cm³/mol. The average Bonchev–Trinajstić information content (AvgIpc) is 3.16. The van der Waals surface area contributed by atoms with Gasteiger partial charge in [0.1, 0.15) is 5.52 Å². The van der Waals surface area contributed by atoms with Crippen molar-refractivity contribution in [3.8, 4) is 11.4 Å². The Labute approximate surface area is 162 Å². The Morgan fingerprint density at radius 3 is 2.64 bits per heavy atom. The van der Waals surface area contributed by atoms with E-state index in [0.717, 1.165) is 9.48 Å². The number of ether oxygens (including phenoxy) is 1. The minimum Gasteiger partial charge on any atom is -0.441 e. The third-order valence-electron chi connectivity index (χ3n) is 3.80. The lowest BCUT2D eigenvalue weighted by Gasteiger charge is -2.06. The van der Waals surface area contributed by atoms with Crippen molar-refractivity contribution in [2.75, 3.05) is 0 Å². The van der Waals surface area contributed by atoms with Gasteiger partial charge in [0, 0.05) is 10.6 Å². The summed E-state index contributed by atoms with van der Waals surface area (Å²) in [6.45, 7) is -0.634. The molecule has 0 aliphatic carbocycles. The summed E-state index contributed by atoms with van der Waals surface area (Å²) in [5.74, 6) is -0.303. The second-order valence-electron chi connectivity index (χ2n) is 5.71. The van der Waals surface area contributed by atoms with Crippen LogP contribution in [0.25, 0.3) is 22.3 Å². The summed E-state index contributed by atoms with van der Waals surface area (Å²) < 4.78 is 6.03. The third kappa shape index (κ3) is 3.71. The number of carbonyl (C=O) groups is 1. The number of fused-ring (bicyclic) bond motifs is 1. The number of tetrazole rings is 1. The molecule has 0 aliphatic rings. The molecular weight excluding hydrogens is 386 g/mol. The van der Waals surface area contributed by atoms with E-state index < -0.39 is 11.5 Å². The van der Waals surface area contributed by atoms with E-state index in [1.807, 2.05) is 0 Å². The van der Waals surface area contributed by atoms with E-state index in [9.17, 15) is 9.59 Å². The molecule has 0 spiro atoms. The highest BCUT2D eigenvalue weighted by molar-refractivity contribution is 6.30. The molecule has 4 rings (SSSR count). The van der Waals surface area contributed by atoms with Crippen LogP contribution in [0.5, 0.6) is 0 Å². The second kappa shape index (κ2) is 7.53. The summed E-state index contributed by atoms with van der Waals surface area (Å²) >= 11 is 5.85. The maximum absolute atomic E-state index is 12.3. The molecule has 0 unspecified atom stereocenters. The fourth-order valence-electron chi connectivity index (χ4n) is 2.43. The Balaban J connectivity index is 1.41. The van der Waals surface area contributed by atoms with Gasteiger partial charge >= 0.3 is 5.97 Å². The third-order valence-corrected chi connectivity index (χ3v) is 4.05. The van der Waals surface area contributed by atoms with Crippen LogP contribution in [0.1, 0.15) is 0 Å². The van der Waals surface area contributed by atoms with Gasteiger partial charge in [-0.3, -0.25) is 4.79 Å². The molecule has 10 nitrogen and oxygen atoms in total. The molecule has 0 radical (unpaired) electrons. The first kappa shape index (κ1) is 17.7. The number of carbonyl (C=O) groups excluding carboxylic acids is 1. The van der Waals surface area contributed by atoms with Gasteiger partial charge in [-0.2, -0.15) is 9.48 Å². The molecule has 0 aliphatic heterocycles. The number of rotatable bonds is 5. The normalized spacial score (nSPS) is 10.9. The summed E-state index contributed by atoms with van der Waals surface area (Å²) in [6, 6.07) is 13.7. The van der Waals surface area contributed by atoms with Gasteiger partial charge in [-0.15, -0.1) is 15.3 Å². The quantitative estimate of drug-likeness (QED) is 0.462. The number of benzene rings is 2. The predicted octanol–water partition coefficient (Wildman–Crippen LogP) is 1.30. The van der Waals surface area contributed by atoms with Crippen LogP contribution in [-0.4, -0.2) is 41.2 Å². The summed E-state index contributed by atoms with van der Waals surface area (Å²) in [6.07, 6.45) is 0. The lowest BCUT2D eigenvalue weighted by Crippen LogP contribution is -2.27. The number of esters is 1. The molecule has 0 N–H and O–H groups in total. The molecule has 2 aromatic heterocycles. The van der Waals surface area contributed by atoms with Crippen LogP contribution in [0, 0.1) is 0 Å². The van der Waals surface area contributed by atoms with Gasteiger partial charge in [-0.05, 0) is 41.6 Å².